The van der Waals surface area contributed by atoms with Gasteiger partial charge in [-0.3, -0.25) is 19.4 Å². The third-order valence-electron chi connectivity index (χ3n) is 4.07. The normalized spacial score (nSPS) is 27.4. The van der Waals surface area contributed by atoms with Crippen molar-refractivity contribution in [2.24, 2.45) is 0 Å². The quantitative estimate of drug-likeness (QED) is 0.561. The summed E-state index contributed by atoms with van der Waals surface area (Å²) in [4.78, 5) is 37.6. The summed E-state index contributed by atoms with van der Waals surface area (Å²) in [6.45, 7) is 5.57. The molecule has 0 aromatic carbocycles. The lowest BCUT2D eigenvalue weighted by molar-refractivity contribution is -0.137. The molecular formula is C15H19N3O5. The fourth-order valence-corrected chi connectivity index (χ4v) is 2.91. The van der Waals surface area contributed by atoms with E-state index in [9.17, 15) is 14.4 Å². The van der Waals surface area contributed by atoms with Crippen molar-refractivity contribution in [1.29, 1.82) is 0 Å². The van der Waals surface area contributed by atoms with Crippen LogP contribution in [-0.4, -0.2) is 72.8 Å². The Hall–Kier alpha value is -2.19. The lowest BCUT2D eigenvalue weighted by Gasteiger charge is -2.27. The molecule has 124 valence electrons. The molecule has 23 heavy (non-hydrogen) atoms. The maximum Gasteiger partial charge on any atom is 0.412 e. The molecule has 0 aromatic heterocycles. The van der Waals surface area contributed by atoms with Gasteiger partial charge in [0.1, 0.15) is 6.61 Å². The van der Waals surface area contributed by atoms with E-state index in [2.05, 4.69) is 11.9 Å². The number of hydrogen-bond acceptors (Lipinski definition) is 6. The molecule has 0 aliphatic carbocycles. The Morgan fingerprint density at radius 2 is 2.13 bits per heavy atom. The summed E-state index contributed by atoms with van der Waals surface area (Å²) in [5.41, 5.74) is 1.08. The van der Waals surface area contributed by atoms with Gasteiger partial charge >= 0.3 is 6.09 Å². The van der Waals surface area contributed by atoms with Gasteiger partial charge in [-0.1, -0.05) is 12.2 Å². The highest BCUT2D eigenvalue weighted by atomic mass is 16.6. The molecule has 2 atom stereocenters. The number of imide groups is 1. The van der Waals surface area contributed by atoms with E-state index in [0.717, 1.165) is 23.4 Å². The first-order chi connectivity index (χ1) is 11.1. The minimum atomic E-state index is -0.501. The molecule has 8 nitrogen and oxygen atoms in total. The number of hydrogen-bond donors (Lipinski definition) is 1. The number of amides is 3. The molecular weight excluding hydrogens is 302 g/mol. The Morgan fingerprint density at radius 1 is 1.39 bits per heavy atom. The minimum Gasteiger partial charge on any atom is -0.447 e. The largest absolute Gasteiger partial charge is 0.447 e. The summed E-state index contributed by atoms with van der Waals surface area (Å²) < 4.78 is 10.8. The Kier molecular flexibility index (Phi) is 4.44. The number of rotatable bonds is 4. The van der Waals surface area contributed by atoms with Gasteiger partial charge in [0.2, 0.25) is 0 Å². The molecule has 1 N–H and O–H groups in total. The van der Waals surface area contributed by atoms with Crippen LogP contribution in [0.5, 0.6) is 0 Å². The van der Waals surface area contributed by atoms with Crippen LogP contribution in [-0.2, 0) is 19.1 Å². The second kappa shape index (κ2) is 6.51. The highest BCUT2D eigenvalue weighted by Gasteiger charge is 2.38. The summed E-state index contributed by atoms with van der Waals surface area (Å²) in [6, 6.07) is 0.0171. The molecule has 3 aliphatic heterocycles. The zero-order chi connectivity index (χ0) is 16.4. The number of ether oxygens (including phenoxy) is 2. The van der Waals surface area contributed by atoms with E-state index in [-0.39, 0.29) is 37.2 Å². The van der Waals surface area contributed by atoms with Gasteiger partial charge in [0.15, 0.2) is 6.23 Å². The predicted molar refractivity (Wildman–Crippen MR) is 79.2 cm³/mol. The SMILES string of the molecule is C=C1CN[C@H](C2OCCN2C(=O)OCCN2C(=O)C=CC2=O)C1. The van der Waals surface area contributed by atoms with E-state index >= 15 is 0 Å². The Bertz CT molecular complexity index is 555. The van der Waals surface area contributed by atoms with Crippen LogP contribution in [0.15, 0.2) is 24.3 Å². The van der Waals surface area contributed by atoms with Crippen molar-refractivity contribution in [2.75, 3.05) is 32.8 Å². The second-order valence-corrected chi connectivity index (χ2v) is 5.67. The van der Waals surface area contributed by atoms with Gasteiger partial charge in [0, 0.05) is 18.7 Å². The minimum absolute atomic E-state index is 0.0171. The molecule has 8 heteroatoms. The van der Waals surface area contributed by atoms with Crippen molar-refractivity contribution in [2.45, 2.75) is 18.7 Å². The van der Waals surface area contributed by atoms with E-state index in [1.54, 1.807) is 0 Å². The fourth-order valence-electron chi connectivity index (χ4n) is 2.91. The smallest absolute Gasteiger partial charge is 0.412 e. The first kappa shape index (κ1) is 15.7. The first-order valence-corrected chi connectivity index (χ1v) is 7.55. The molecule has 1 unspecified atom stereocenters. The van der Waals surface area contributed by atoms with Gasteiger partial charge in [-0.15, -0.1) is 0 Å². The van der Waals surface area contributed by atoms with Crippen molar-refractivity contribution < 1.29 is 23.9 Å². The number of carbonyl (C=O) groups is 3. The molecule has 3 aliphatic rings. The predicted octanol–water partition coefficient (Wildman–Crippen LogP) is -0.376. The molecule has 0 saturated carbocycles. The van der Waals surface area contributed by atoms with E-state index in [1.165, 1.54) is 17.1 Å². The first-order valence-electron chi connectivity index (χ1n) is 7.55. The average molecular weight is 321 g/mol. The van der Waals surface area contributed by atoms with Crippen LogP contribution in [0.4, 0.5) is 4.79 Å². The van der Waals surface area contributed by atoms with Crippen LogP contribution in [0.25, 0.3) is 0 Å². The molecule has 3 amide bonds. The Labute approximate surface area is 133 Å². The zero-order valence-corrected chi connectivity index (χ0v) is 12.7. The Morgan fingerprint density at radius 3 is 2.78 bits per heavy atom. The highest BCUT2D eigenvalue weighted by molar-refractivity contribution is 6.12. The van der Waals surface area contributed by atoms with Crippen LogP contribution < -0.4 is 5.32 Å². The standard InChI is InChI=1S/C15H19N3O5/c1-10-8-11(16-9-10)14-18(5-6-22-14)15(21)23-7-4-17-12(19)2-3-13(17)20/h2-3,11,14,16H,1,4-9H2/t11-,14?/m0/s1. The van der Waals surface area contributed by atoms with Crippen molar-refractivity contribution >= 4 is 17.9 Å². The van der Waals surface area contributed by atoms with Crippen molar-refractivity contribution in [3.8, 4) is 0 Å². The molecule has 3 heterocycles. The monoisotopic (exact) mass is 321 g/mol. The van der Waals surface area contributed by atoms with E-state index in [4.69, 9.17) is 9.47 Å². The van der Waals surface area contributed by atoms with Crippen LogP contribution >= 0.6 is 0 Å². The van der Waals surface area contributed by atoms with Crippen molar-refractivity contribution in [1.82, 2.24) is 15.1 Å². The topological polar surface area (TPSA) is 88.2 Å². The summed E-state index contributed by atoms with van der Waals surface area (Å²) in [5.74, 6) is -0.774. The fraction of sp³-hybridized carbons (Fsp3) is 0.533. The average Bonchev–Trinajstić information content (AvgIpc) is 3.22. The number of nitrogens with one attached hydrogen (secondary N) is 1. The second-order valence-electron chi connectivity index (χ2n) is 5.67. The van der Waals surface area contributed by atoms with Gasteiger partial charge < -0.3 is 14.8 Å². The molecule has 0 radical (unpaired) electrons. The summed E-state index contributed by atoms with van der Waals surface area (Å²) in [5, 5.41) is 3.27. The van der Waals surface area contributed by atoms with Gasteiger partial charge in [0.05, 0.1) is 25.7 Å². The maximum atomic E-state index is 12.2. The summed E-state index contributed by atoms with van der Waals surface area (Å²) in [7, 11) is 0. The molecule has 0 aromatic rings. The maximum absolute atomic E-state index is 12.2. The molecule has 2 saturated heterocycles. The van der Waals surface area contributed by atoms with E-state index in [1.807, 2.05) is 0 Å². The van der Waals surface area contributed by atoms with Crippen LogP contribution in [0.1, 0.15) is 6.42 Å². The Balaban J connectivity index is 1.48. The van der Waals surface area contributed by atoms with Gasteiger partial charge in [0.25, 0.3) is 11.8 Å². The van der Waals surface area contributed by atoms with Crippen molar-refractivity contribution in [3.05, 3.63) is 24.3 Å². The van der Waals surface area contributed by atoms with Crippen LogP contribution in [0.3, 0.4) is 0 Å². The van der Waals surface area contributed by atoms with Crippen LogP contribution in [0.2, 0.25) is 0 Å². The molecule has 0 bridgehead atoms. The number of carbonyl (C=O) groups excluding carboxylic acids is 3. The molecule has 0 spiro atoms. The van der Waals surface area contributed by atoms with Crippen LogP contribution in [0, 0.1) is 0 Å². The van der Waals surface area contributed by atoms with Gasteiger partial charge in [-0.05, 0) is 6.42 Å². The third kappa shape index (κ3) is 3.27. The third-order valence-corrected chi connectivity index (χ3v) is 4.07. The van der Waals surface area contributed by atoms with Crippen molar-refractivity contribution in [3.63, 3.8) is 0 Å². The molecule has 2 fully saturated rings. The van der Waals surface area contributed by atoms with E-state index < -0.39 is 6.09 Å². The van der Waals surface area contributed by atoms with Gasteiger partial charge in [-0.25, -0.2) is 4.79 Å². The zero-order valence-electron chi connectivity index (χ0n) is 12.7. The summed E-state index contributed by atoms with van der Waals surface area (Å²) in [6.07, 6.45) is 2.29. The summed E-state index contributed by atoms with van der Waals surface area (Å²) >= 11 is 0. The molecule has 3 rings (SSSR count). The van der Waals surface area contributed by atoms with Gasteiger partial charge in [-0.2, -0.15) is 0 Å². The number of nitrogens with zero attached hydrogens (tertiary/aromatic N) is 2. The lowest BCUT2D eigenvalue weighted by atomic mass is 10.1. The lowest BCUT2D eigenvalue weighted by Crippen LogP contribution is -2.47. The van der Waals surface area contributed by atoms with E-state index in [0.29, 0.717) is 13.2 Å². The highest BCUT2D eigenvalue weighted by Crippen LogP contribution is 2.22.